The molecular weight excluding hydrogens is 314 g/mol. The Balaban J connectivity index is 1.99. The van der Waals surface area contributed by atoms with Crippen LogP contribution in [0, 0.1) is 0 Å². The number of hydrogen-bond acceptors (Lipinski definition) is 3. The van der Waals surface area contributed by atoms with Crippen LogP contribution in [0.25, 0.3) is 0 Å². The molecule has 0 unspecified atom stereocenters. The molecule has 0 aromatic heterocycles. The minimum Gasteiger partial charge on any atom is -0.376 e. The van der Waals surface area contributed by atoms with Crippen LogP contribution in [-0.4, -0.2) is 18.4 Å². The molecule has 0 spiro atoms. The van der Waals surface area contributed by atoms with Gasteiger partial charge in [-0.1, -0.05) is 45.0 Å². The van der Waals surface area contributed by atoms with Crippen molar-refractivity contribution < 1.29 is 9.59 Å². The Morgan fingerprint density at radius 3 is 2.20 bits per heavy atom. The topological polar surface area (TPSA) is 70.2 Å². The molecule has 5 heteroatoms. The number of hydrogen-bond donors (Lipinski definition) is 3. The lowest BCUT2D eigenvalue weighted by atomic mass is 9.86. The molecule has 2 amide bonds. The van der Waals surface area contributed by atoms with Crippen LogP contribution in [0.4, 0.5) is 17.1 Å². The zero-order valence-electron chi connectivity index (χ0n) is 15.1. The molecular formula is C20H25N3O2. The molecule has 0 radical (unpaired) electrons. The highest BCUT2D eigenvalue weighted by Gasteiger charge is 2.17. The molecule has 0 saturated carbocycles. The molecule has 0 aliphatic rings. The van der Waals surface area contributed by atoms with Gasteiger partial charge in [0.15, 0.2) is 0 Å². The van der Waals surface area contributed by atoms with E-state index in [-0.39, 0.29) is 23.8 Å². The fourth-order valence-electron chi connectivity index (χ4n) is 2.55. The Morgan fingerprint density at radius 2 is 1.56 bits per heavy atom. The number of amides is 2. The van der Waals surface area contributed by atoms with Gasteiger partial charge in [-0.3, -0.25) is 9.59 Å². The van der Waals surface area contributed by atoms with E-state index in [1.54, 1.807) is 24.3 Å². The van der Waals surface area contributed by atoms with Gasteiger partial charge >= 0.3 is 0 Å². The average molecular weight is 339 g/mol. The highest BCUT2D eigenvalue weighted by molar-refractivity contribution is 5.95. The van der Waals surface area contributed by atoms with Gasteiger partial charge in [0, 0.05) is 24.0 Å². The maximum absolute atomic E-state index is 12.2. The molecule has 0 bridgehead atoms. The number of benzene rings is 2. The maximum atomic E-state index is 12.2. The zero-order chi connectivity index (χ0) is 18.4. The Hall–Kier alpha value is -2.82. The van der Waals surface area contributed by atoms with Crippen molar-refractivity contribution >= 4 is 28.9 Å². The van der Waals surface area contributed by atoms with Crippen LogP contribution < -0.4 is 16.0 Å². The van der Waals surface area contributed by atoms with Crippen molar-refractivity contribution in [2.24, 2.45) is 0 Å². The third kappa shape index (κ3) is 5.64. The van der Waals surface area contributed by atoms with E-state index in [4.69, 9.17) is 0 Å². The summed E-state index contributed by atoms with van der Waals surface area (Å²) in [6.45, 7) is 8.03. The van der Waals surface area contributed by atoms with Crippen LogP contribution in [0.3, 0.4) is 0 Å². The summed E-state index contributed by atoms with van der Waals surface area (Å²) in [6, 6.07) is 15.1. The molecule has 0 saturated heterocycles. The van der Waals surface area contributed by atoms with E-state index in [9.17, 15) is 9.59 Å². The van der Waals surface area contributed by atoms with Crippen LogP contribution in [0.5, 0.6) is 0 Å². The van der Waals surface area contributed by atoms with Crippen LogP contribution in [-0.2, 0) is 15.0 Å². The number of nitrogens with one attached hydrogen (secondary N) is 3. The summed E-state index contributed by atoms with van der Waals surface area (Å²) in [5.41, 5.74) is 3.40. The summed E-state index contributed by atoms with van der Waals surface area (Å²) in [4.78, 5) is 23.3. The molecule has 0 aliphatic carbocycles. The second kappa shape index (κ2) is 7.83. The van der Waals surface area contributed by atoms with Gasteiger partial charge in [0.25, 0.3) is 0 Å². The second-order valence-corrected chi connectivity index (χ2v) is 6.96. The minimum absolute atomic E-state index is 0.00718. The third-order valence-electron chi connectivity index (χ3n) is 3.64. The molecule has 3 N–H and O–H groups in total. The van der Waals surface area contributed by atoms with E-state index in [1.165, 1.54) is 6.92 Å². The monoisotopic (exact) mass is 339 g/mol. The van der Waals surface area contributed by atoms with Gasteiger partial charge in [-0.05, 0) is 35.2 Å². The molecule has 132 valence electrons. The van der Waals surface area contributed by atoms with Gasteiger partial charge in [0.1, 0.15) is 0 Å². The van der Waals surface area contributed by atoms with Crippen LogP contribution in [0.15, 0.2) is 48.5 Å². The molecule has 0 aliphatic heterocycles. The van der Waals surface area contributed by atoms with Crippen LogP contribution >= 0.6 is 0 Å². The van der Waals surface area contributed by atoms with Gasteiger partial charge in [-0.2, -0.15) is 0 Å². The van der Waals surface area contributed by atoms with Gasteiger partial charge < -0.3 is 16.0 Å². The van der Waals surface area contributed by atoms with E-state index in [2.05, 4.69) is 42.8 Å². The highest BCUT2D eigenvalue weighted by atomic mass is 16.2. The Kier molecular flexibility index (Phi) is 5.80. The fourth-order valence-corrected chi connectivity index (χ4v) is 2.55. The first kappa shape index (κ1) is 18.5. The Morgan fingerprint density at radius 1 is 0.920 bits per heavy atom. The third-order valence-corrected chi connectivity index (χ3v) is 3.64. The van der Waals surface area contributed by atoms with E-state index in [0.29, 0.717) is 11.4 Å². The highest BCUT2D eigenvalue weighted by Crippen LogP contribution is 2.29. The molecule has 25 heavy (non-hydrogen) atoms. The van der Waals surface area contributed by atoms with Gasteiger partial charge in [0.05, 0.1) is 6.54 Å². The average Bonchev–Trinajstić information content (AvgIpc) is 2.52. The summed E-state index contributed by atoms with van der Waals surface area (Å²) in [5.74, 6) is -0.299. The number of anilines is 3. The lowest BCUT2D eigenvalue weighted by Gasteiger charge is -2.23. The number of carbonyl (C=O) groups is 2. The van der Waals surface area contributed by atoms with Crippen molar-refractivity contribution in [2.75, 3.05) is 22.5 Å². The summed E-state index contributed by atoms with van der Waals surface area (Å²) in [5, 5.41) is 8.73. The van der Waals surface area contributed by atoms with E-state index in [0.717, 1.165) is 11.3 Å². The molecule has 5 nitrogen and oxygen atoms in total. The smallest absolute Gasteiger partial charge is 0.243 e. The van der Waals surface area contributed by atoms with Crippen molar-refractivity contribution in [1.82, 2.24) is 0 Å². The predicted octanol–water partition coefficient (Wildman–Crippen LogP) is 3.99. The Bertz CT molecular complexity index is 764. The molecule has 2 aromatic carbocycles. The Labute approximate surface area is 148 Å². The van der Waals surface area contributed by atoms with Crippen molar-refractivity contribution in [3.8, 4) is 0 Å². The molecule has 0 fully saturated rings. The minimum atomic E-state index is -0.149. The van der Waals surface area contributed by atoms with Crippen molar-refractivity contribution in [3.63, 3.8) is 0 Å². The zero-order valence-corrected chi connectivity index (χ0v) is 15.1. The summed E-state index contributed by atoms with van der Waals surface area (Å²) < 4.78 is 0. The van der Waals surface area contributed by atoms with Gasteiger partial charge in [-0.15, -0.1) is 0 Å². The fraction of sp³-hybridized carbons (Fsp3) is 0.300. The first-order valence-corrected chi connectivity index (χ1v) is 8.26. The molecule has 0 atom stereocenters. The first-order valence-electron chi connectivity index (χ1n) is 8.26. The lowest BCUT2D eigenvalue weighted by Crippen LogP contribution is -2.23. The standard InChI is InChI=1S/C20H25N3O2/c1-14(24)22-15-8-7-9-16(12-15)23-19(25)13-21-18-11-6-5-10-17(18)20(2,3)4/h5-12,21H,13H2,1-4H3,(H,22,24)(H,23,25). The van der Waals surface area contributed by atoms with Crippen molar-refractivity contribution in [3.05, 3.63) is 54.1 Å². The van der Waals surface area contributed by atoms with Crippen LogP contribution in [0.2, 0.25) is 0 Å². The molecule has 2 rings (SSSR count). The summed E-state index contributed by atoms with van der Waals surface area (Å²) in [7, 11) is 0. The molecule has 2 aromatic rings. The predicted molar refractivity (Wildman–Crippen MR) is 103 cm³/mol. The van der Waals surface area contributed by atoms with E-state index < -0.39 is 0 Å². The molecule has 0 heterocycles. The maximum Gasteiger partial charge on any atom is 0.243 e. The normalized spacial score (nSPS) is 10.9. The first-order chi connectivity index (χ1) is 11.8. The van der Waals surface area contributed by atoms with Crippen LogP contribution in [0.1, 0.15) is 33.3 Å². The number of rotatable bonds is 5. The lowest BCUT2D eigenvalue weighted by molar-refractivity contribution is -0.115. The quantitative estimate of drug-likeness (QED) is 0.771. The second-order valence-electron chi connectivity index (χ2n) is 6.96. The van der Waals surface area contributed by atoms with Crippen molar-refractivity contribution in [1.29, 1.82) is 0 Å². The van der Waals surface area contributed by atoms with Crippen molar-refractivity contribution in [2.45, 2.75) is 33.1 Å². The largest absolute Gasteiger partial charge is 0.376 e. The summed E-state index contributed by atoms with van der Waals surface area (Å²) in [6.07, 6.45) is 0. The summed E-state index contributed by atoms with van der Waals surface area (Å²) >= 11 is 0. The number of carbonyl (C=O) groups excluding carboxylic acids is 2. The van der Waals surface area contributed by atoms with Gasteiger partial charge in [0.2, 0.25) is 11.8 Å². The SMILES string of the molecule is CC(=O)Nc1cccc(NC(=O)CNc2ccccc2C(C)(C)C)c1. The van der Waals surface area contributed by atoms with E-state index in [1.807, 2.05) is 18.2 Å². The van der Waals surface area contributed by atoms with Gasteiger partial charge in [-0.25, -0.2) is 0 Å². The number of para-hydroxylation sites is 1. The van der Waals surface area contributed by atoms with E-state index >= 15 is 0 Å².